The van der Waals surface area contributed by atoms with Crippen LogP contribution in [0.25, 0.3) is 11.1 Å². The second-order valence-corrected chi connectivity index (χ2v) is 10.8. The van der Waals surface area contributed by atoms with E-state index in [1.807, 2.05) is 17.0 Å². The minimum Gasteiger partial charge on any atom is -0.449 e. The molecule has 3 aliphatic rings. The fourth-order valence-corrected chi connectivity index (χ4v) is 5.83. The Morgan fingerprint density at radius 1 is 1.06 bits per heavy atom. The normalized spacial score (nSPS) is 21.4. The molecule has 0 aromatic heterocycles. The molecule has 2 aromatic carbocycles. The summed E-state index contributed by atoms with van der Waals surface area (Å²) in [5.74, 6) is -0.0274. The van der Waals surface area contributed by atoms with Gasteiger partial charge in [0.1, 0.15) is 0 Å². The number of fused-ring (bicyclic) bond motifs is 1. The lowest BCUT2D eigenvalue weighted by molar-refractivity contribution is -0.0681. The van der Waals surface area contributed by atoms with Gasteiger partial charge in [0.2, 0.25) is 5.91 Å². The van der Waals surface area contributed by atoms with E-state index in [-0.39, 0.29) is 6.09 Å². The highest BCUT2D eigenvalue weighted by molar-refractivity contribution is 5.93. The Hall–Kier alpha value is -2.86. The van der Waals surface area contributed by atoms with Crippen LogP contribution in [0.2, 0.25) is 0 Å². The summed E-state index contributed by atoms with van der Waals surface area (Å²) in [5.41, 5.74) is 11.5. The topological polar surface area (TPSA) is 75.9 Å². The quantitative estimate of drug-likeness (QED) is 0.704. The van der Waals surface area contributed by atoms with Crippen molar-refractivity contribution < 1.29 is 14.3 Å². The first-order valence-electron chi connectivity index (χ1n) is 12.5. The van der Waals surface area contributed by atoms with E-state index in [4.69, 9.17) is 10.5 Å². The first-order valence-corrected chi connectivity index (χ1v) is 12.5. The van der Waals surface area contributed by atoms with Gasteiger partial charge in [0.05, 0.1) is 6.61 Å². The summed E-state index contributed by atoms with van der Waals surface area (Å²) in [6.07, 6.45) is 4.26. The zero-order valence-corrected chi connectivity index (χ0v) is 20.3. The van der Waals surface area contributed by atoms with Crippen LogP contribution in [0.15, 0.2) is 42.5 Å². The Kier molecular flexibility index (Phi) is 6.11. The molecule has 6 heteroatoms. The number of amides is 2. The van der Waals surface area contributed by atoms with Gasteiger partial charge in [0.15, 0.2) is 0 Å². The van der Waals surface area contributed by atoms with Gasteiger partial charge in [-0.1, -0.05) is 44.2 Å². The molecule has 1 spiro atoms. The van der Waals surface area contributed by atoms with Crippen LogP contribution in [0.4, 0.5) is 4.79 Å². The third-order valence-electron chi connectivity index (χ3n) is 7.83. The molecule has 0 bridgehead atoms. The van der Waals surface area contributed by atoms with E-state index in [0.717, 1.165) is 51.0 Å². The summed E-state index contributed by atoms with van der Waals surface area (Å²) in [6.45, 7) is 8.49. The molecule has 2 aromatic rings. The number of ether oxygens (including phenoxy) is 1. The minimum absolute atomic E-state index is 0.149. The molecule has 2 aliphatic heterocycles. The van der Waals surface area contributed by atoms with E-state index in [2.05, 4.69) is 36.9 Å². The number of primary amides is 1. The number of carbonyl (C=O) groups excluding carboxylic acids is 2. The van der Waals surface area contributed by atoms with E-state index in [9.17, 15) is 9.59 Å². The fourth-order valence-electron chi connectivity index (χ4n) is 5.83. The number of likely N-dealkylation sites (tertiary alicyclic amines) is 2. The van der Waals surface area contributed by atoms with Crippen molar-refractivity contribution in [2.24, 2.45) is 17.1 Å². The van der Waals surface area contributed by atoms with Crippen molar-refractivity contribution >= 4 is 12.0 Å². The molecule has 0 saturated carbocycles. The molecule has 2 heterocycles. The van der Waals surface area contributed by atoms with Gasteiger partial charge in [0.25, 0.3) is 0 Å². The number of aryl methyl sites for hydroxylation is 1. The molecule has 6 nitrogen and oxygen atoms in total. The highest BCUT2D eigenvalue weighted by Crippen LogP contribution is 2.48. The molecule has 2 saturated heterocycles. The number of carbonyl (C=O) groups is 2. The molecule has 34 heavy (non-hydrogen) atoms. The highest BCUT2D eigenvalue weighted by Gasteiger charge is 2.48. The molecule has 5 rings (SSSR count). The van der Waals surface area contributed by atoms with Crippen LogP contribution in [-0.4, -0.2) is 54.6 Å². The highest BCUT2D eigenvalue weighted by atomic mass is 16.6. The van der Waals surface area contributed by atoms with E-state index >= 15 is 0 Å². The Morgan fingerprint density at radius 2 is 1.74 bits per heavy atom. The number of rotatable bonds is 5. The molecule has 2 fully saturated rings. The summed E-state index contributed by atoms with van der Waals surface area (Å²) in [6, 6.07) is 14.8. The zero-order valence-electron chi connectivity index (χ0n) is 20.3. The van der Waals surface area contributed by atoms with Gasteiger partial charge in [-0.25, -0.2) is 4.79 Å². The number of nitrogens with two attached hydrogens (primary N) is 1. The molecule has 1 aliphatic carbocycles. The first-order chi connectivity index (χ1) is 16.3. The second kappa shape index (κ2) is 9.06. The van der Waals surface area contributed by atoms with Crippen molar-refractivity contribution in [3.63, 3.8) is 0 Å². The SMILES string of the molecule is CC(C)COC(=O)N1CCC2(CC1)CN([C@@H]1CCc3cc(-c4ccc(C(N)=O)cc4)ccc31)C2. The molecule has 2 N–H and O–H groups in total. The molecule has 180 valence electrons. The van der Waals surface area contributed by atoms with Gasteiger partial charge in [-0.3, -0.25) is 9.69 Å². The monoisotopic (exact) mass is 461 g/mol. The predicted octanol–water partition coefficient (Wildman–Crippen LogP) is 4.63. The van der Waals surface area contributed by atoms with Crippen LogP contribution >= 0.6 is 0 Å². The van der Waals surface area contributed by atoms with E-state index in [0.29, 0.717) is 29.5 Å². The van der Waals surface area contributed by atoms with Crippen LogP contribution < -0.4 is 5.73 Å². The van der Waals surface area contributed by atoms with Gasteiger partial charge < -0.3 is 15.4 Å². The lowest BCUT2D eigenvalue weighted by atomic mass is 9.71. The Bertz CT molecular complexity index is 1060. The first kappa shape index (κ1) is 22.9. The van der Waals surface area contributed by atoms with Crippen LogP contribution in [0.3, 0.4) is 0 Å². The summed E-state index contributed by atoms with van der Waals surface area (Å²) in [4.78, 5) is 28.1. The molecular formula is C28H35N3O3. The van der Waals surface area contributed by atoms with Gasteiger partial charge in [-0.15, -0.1) is 0 Å². The number of piperidine rings is 1. The maximum Gasteiger partial charge on any atom is 0.409 e. The Morgan fingerprint density at radius 3 is 2.38 bits per heavy atom. The molecule has 1 atom stereocenters. The zero-order chi connectivity index (χ0) is 23.9. The van der Waals surface area contributed by atoms with Gasteiger partial charge in [-0.2, -0.15) is 0 Å². The van der Waals surface area contributed by atoms with Crippen LogP contribution in [0.5, 0.6) is 0 Å². The molecule has 0 radical (unpaired) electrons. The maximum absolute atomic E-state index is 12.3. The van der Waals surface area contributed by atoms with Crippen molar-refractivity contribution in [2.45, 2.75) is 45.6 Å². The molecular weight excluding hydrogens is 426 g/mol. The van der Waals surface area contributed by atoms with Crippen molar-refractivity contribution in [1.29, 1.82) is 0 Å². The van der Waals surface area contributed by atoms with Crippen LogP contribution in [0.1, 0.15) is 60.6 Å². The van der Waals surface area contributed by atoms with Crippen LogP contribution in [-0.2, 0) is 11.2 Å². The summed E-state index contributed by atoms with van der Waals surface area (Å²) >= 11 is 0. The molecule has 0 unspecified atom stereocenters. The number of benzene rings is 2. The smallest absolute Gasteiger partial charge is 0.409 e. The summed E-state index contributed by atoms with van der Waals surface area (Å²) < 4.78 is 5.42. The van der Waals surface area contributed by atoms with E-state index in [1.54, 1.807) is 12.1 Å². The van der Waals surface area contributed by atoms with Gasteiger partial charge in [0, 0.05) is 37.8 Å². The van der Waals surface area contributed by atoms with Gasteiger partial charge in [-0.05, 0) is 71.4 Å². The van der Waals surface area contributed by atoms with Crippen LogP contribution in [0, 0.1) is 11.3 Å². The number of hydrogen-bond donors (Lipinski definition) is 1. The van der Waals surface area contributed by atoms with Crippen molar-refractivity contribution in [3.8, 4) is 11.1 Å². The Labute approximate surface area is 202 Å². The largest absolute Gasteiger partial charge is 0.449 e. The number of nitrogens with zero attached hydrogens (tertiary/aromatic N) is 2. The third-order valence-corrected chi connectivity index (χ3v) is 7.83. The van der Waals surface area contributed by atoms with Crippen molar-refractivity contribution in [3.05, 3.63) is 59.2 Å². The minimum atomic E-state index is -0.396. The Balaban J connectivity index is 1.18. The van der Waals surface area contributed by atoms with Crippen molar-refractivity contribution in [2.75, 3.05) is 32.8 Å². The third kappa shape index (κ3) is 4.43. The second-order valence-electron chi connectivity index (χ2n) is 10.8. The van der Waals surface area contributed by atoms with Crippen molar-refractivity contribution in [1.82, 2.24) is 9.80 Å². The molecule has 2 amide bonds. The maximum atomic E-state index is 12.3. The predicted molar refractivity (Wildman–Crippen MR) is 132 cm³/mol. The van der Waals surface area contributed by atoms with E-state index < -0.39 is 5.91 Å². The average Bonchev–Trinajstić information content (AvgIpc) is 3.24. The fraction of sp³-hybridized carbons (Fsp3) is 0.500. The summed E-state index contributed by atoms with van der Waals surface area (Å²) in [7, 11) is 0. The standard InChI is InChI=1S/C28H35N3O3/c1-19(2)16-34-27(33)30-13-11-28(12-14-30)17-31(18-28)25-10-8-23-15-22(7-9-24(23)25)20-3-5-21(6-4-20)26(29)32/h3-7,9,15,19,25H,8,10-14,16-18H2,1-2H3,(H2,29,32)/t25-/m1/s1. The average molecular weight is 462 g/mol. The number of hydrogen-bond acceptors (Lipinski definition) is 4. The van der Waals surface area contributed by atoms with Gasteiger partial charge >= 0.3 is 6.09 Å². The lowest BCUT2D eigenvalue weighted by Gasteiger charge is -2.56. The van der Waals surface area contributed by atoms with E-state index in [1.165, 1.54) is 23.1 Å². The summed E-state index contributed by atoms with van der Waals surface area (Å²) in [5, 5.41) is 0. The lowest BCUT2D eigenvalue weighted by Crippen LogP contribution is -2.61.